The van der Waals surface area contributed by atoms with Crippen molar-refractivity contribution < 1.29 is 24.6 Å². The van der Waals surface area contributed by atoms with E-state index < -0.39 is 17.4 Å². The Morgan fingerprint density at radius 1 is 1.00 bits per heavy atom. The number of hydrogen-bond donors (Lipinski definition) is 2. The first-order chi connectivity index (χ1) is 16.8. The van der Waals surface area contributed by atoms with Crippen molar-refractivity contribution in [2.45, 2.75) is 38.3 Å². The molecule has 2 saturated heterocycles. The third-order valence-electron chi connectivity index (χ3n) is 7.21. The van der Waals surface area contributed by atoms with Crippen LogP contribution in [0.2, 0.25) is 0 Å². The van der Waals surface area contributed by atoms with Gasteiger partial charge in [0.05, 0.1) is 12.2 Å². The Hall–Kier alpha value is -3.49. The summed E-state index contributed by atoms with van der Waals surface area (Å²) in [6, 6.07) is 12.9. The minimum atomic E-state index is -1.81. The van der Waals surface area contributed by atoms with Crippen LogP contribution in [-0.2, 0) is 26.5 Å². The molecule has 2 aromatic rings. The molecule has 0 unspecified atom stereocenters. The van der Waals surface area contributed by atoms with E-state index in [1.807, 2.05) is 30.3 Å². The number of rotatable bonds is 8. The van der Waals surface area contributed by atoms with Gasteiger partial charge in [-0.15, -0.1) is 0 Å². The zero-order valence-electron chi connectivity index (χ0n) is 19.7. The molecule has 2 N–H and O–H groups in total. The van der Waals surface area contributed by atoms with Gasteiger partial charge in [-0.25, -0.2) is 0 Å². The topological polar surface area (TPSA) is 101 Å². The van der Waals surface area contributed by atoms with Crippen LogP contribution < -0.4 is 14.7 Å². The summed E-state index contributed by atoms with van der Waals surface area (Å²) in [7, 11) is 0. The molecular weight excluding hydrogens is 446 g/mol. The van der Waals surface area contributed by atoms with Gasteiger partial charge >= 0.3 is 0 Å². The zero-order valence-corrected chi connectivity index (χ0v) is 19.7. The van der Waals surface area contributed by atoms with Crippen molar-refractivity contribution in [1.29, 1.82) is 0 Å². The van der Waals surface area contributed by atoms with Crippen molar-refractivity contribution in [3.05, 3.63) is 65.7 Å². The largest absolute Gasteiger partial charge is 0.396 e. The normalized spacial score (nSPS) is 22.5. The number of β-lactam (4-membered cyclic amide) rings is 2. The Labute approximate surface area is 204 Å². The lowest BCUT2D eigenvalue weighted by molar-refractivity contribution is -0.139. The van der Waals surface area contributed by atoms with E-state index in [0.717, 1.165) is 11.3 Å². The Kier molecular flexibility index (Phi) is 5.94. The number of carbonyl (C=O) groups is 3. The van der Waals surface area contributed by atoms with Crippen LogP contribution in [0.1, 0.15) is 37.3 Å². The molecule has 0 bridgehead atoms. The van der Waals surface area contributed by atoms with E-state index in [1.165, 1.54) is 0 Å². The highest BCUT2D eigenvalue weighted by Gasteiger charge is 2.53. The second-order valence-electron chi connectivity index (χ2n) is 9.35. The third-order valence-corrected chi connectivity index (χ3v) is 7.21. The maximum absolute atomic E-state index is 13.8. The first-order valence-corrected chi connectivity index (χ1v) is 12.0. The lowest BCUT2D eigenvalue weighted by Gasteiger charge is -2.32. The molecule has 8 heteroatoms. The van der Waals surface area contributed by atoms with Crippen molar-refractivity contribution in [2.75, 3.05) is 34.4 Å². The Morgan fingerprint density at radius 3 is 2.29 bits per heavy atom. The minimum absolute atomic E-state index is 0.0166. The molecule has 0 aliphatic carbocycles. The molecule has 2 aromatic carbocycles. The molecule has 0 radical (unpaired) electrons. The number of nitrogens with zero attached hydrogens (tertiary/aromatic N) is 3. The van der Waals surface area contributed by atoms with E-state index in [-0.39, 0.29) is 25.0 Å². The first-order valence-electron chi connectivity index (χ1n) is 12.0. The first kappa shape index (κ1) is 23.3. The van der Waals surface area contributed by atoms with Gasteiger partial charge in [0.2, 0.25) is 11.8 Å². The van der Waals surface area contributed by atoms with Gasteiger partial charge < -0.3 is 24.9 Å². The summed E-state index contributed by atoms with van der Waals surface area (Å²) in [6.45, 7) is 3.29. The highest BCUT2D eigenvalue weighted by Crippen LogP contribution is 2.47. The van der Waals surface area contributed by atoms with Crippen LogP contribution in [0, 0.1) is 5.92 Å². The Balaban J connectivity index is 1.51. The van der Waals surface area contributed by atoms with Crippen LogP contribution in [-0.4, -0.2) is 47.6 Å². The molecular formula is C27H29N3O5. The fraction of sp³-hybridized carbons (Fsp3) is 0.370. The van der Waals surface area contributed by atoms with Gasteiger partial charge in [-0.3, -0.25) is 14.4 Å². The maximum atomic E-state index is 13.8. The quantitative estimate of drug-likeness (QED) is 0.451. The summed E-state index contributed by atoms with van der Waals surface area (Å²) < 4.78 is 0. The van der Waals surface area contributed by atoms with Crippen LogP contribution in [0.25, 0.3) is 0 Å². The Morgan fingerprint density at radius 2 is 1.69 bits per heavy atom. The lowest BCUT2D eigenvalue weighted by atomic mass is 9.82. The molecule has 3 aliphatic rings. The van der Waals surface area contributed by atoms with Crippen molar-refractivity contribution in [2.24, 2.45) is 5.92 Å². The number of aliphatic hydroxyl groups excluding tert-OH is 1. The highest BCUT2D eigenvalue weighted by atomic mass is 16.3. The average molecular weight is 476 g/mol. The summed E-state index contributed by atoms with van der Waals surface area (Å²) in [5.41, 5.74) is 1.56. The van der Waals surface area contributed by atoms with Gasteiger partial charge in [0.25, 0.3) is 5.91 Å². The molecule has 0 saturated carbocycles. The third kappa shape index (κ3) is 3.83. The summed E-state index contributed by atoms with van der Waals surface area (Å²) in [6.07, 6.45) is 4.96. The second-order valence-corrected chi connectivity index (χ2v) is 9.35. The molecule has 8 nitrogen and oxygen atoms in total. The summed E-state index contributed by atoms with van der Waals surface area (Å²) in [5, 5.41) is 21.0. The van der Waals surface area contributed by atoms with Crippen LogP contribution >= 0.6 is 0 Å². The number of hydrogen-bond acceptors (Lipinski definition) is 5. The zero-order chi connectivity index (χ0) is 24.7. The molecule has 2 atom stereocenters. The fourth-order valence-corrected chi connectivity index (χ4v) is 4.96. The van der Waals surface area contributed by atoms with E-state index in [9.17, 15) is 19.5 Å². The maximum Gasteiger partial charge on any atom is 0.264 e. The molecule has 35 heavy (non-hydrogen) atoms. The van der Waals surface area contributed by atoms with E-state index in [0.29, 0.717) is 49.3 Å². The predicted octanol–water partition coefficient (Wildman–Crippen LogP) is 2.47. The van der Waals surface area contributed by atoms with Gasteiger partial charge in [0.15, 0.2) is 5.60 Å². The highest BCUT2D eigenvalue weighted by molar-refractivity contribution is 6.08. The summed E-state index contributed by atoms with van der Waals surface area (Å²) in [5.74, 6) is -0.901. The molecule has 182 valence electrons. The average Bonchev–Trinajstić information content (AvgIpc) is 3.05. The Bertz CT molecular complexity index is 1230. The number of benzene rings is 2. The molecule has 0 spiro atoms. The van der Waals surface area contributed by atoms with E-state index in [1.54, 1.807) is 45.9 Å². The van der Waals surface area contributed by atoms with Crippen LogP contribution in [0.5, 0.6) is 0 Å². The number of fused-ring (bicyclic) bond motifs is 1. The smallest absolute Gasteiger partial charge is 0.264 e. The predicted molar refractivity (Wildman–Crippen MR) is 132 cm³/mol. The van der Waals surface area contributed by atoms with Crippen molar-refractivity contribution >= 4 is 34.8 Å². The molecule has 3 amide bonds. The van der Waals surface area contributed by atoms with Crippen molar-refractivity contribution in [1.82, 2.24) is 0 Å². The summed E-state index contributed by atoms with van der Waals surface area (Å²) >= 11 is 0. The standard InChI is InChI=1S/C27H29N3O5/c1-18(5-2-3-14-31)27(35)22-16-21(29-13-11-25(29)33)8-9-23(22)30(26(27)34)17-19-6-4-7-20(15-19)28-12-10-24(28)32/h2,4-9,15-16,18,31,35H,3,10-14,17H2,1H3/b5-2+/t18-,27+/m0/s1. The minimum Gasteiger partial charge on any atom is -0.396 e. The molecule has 5 rings (SSSR count). The van der Waals surface area contributed by atoms with Crippen molar-refractivity contribution in [3.63, 3.8) is 0 Å². The second kappa shape index (κ2) is 8.94. The van der Waals surface area contributed by atoms with Crippen molar-refractivity contribution in [3.8, 4) is 0 Å². The van der Waals surface area contributed by atoms with Crippen LogP contribution in [0.3, 0.4) is 0 Å². The molecule has 2 fully saturated rings. The van der Waals surface area contributed by atoms with Gasteiger partial charge in [0.1, 0.15) is 0 Å². The number of anilines is 3. The van der Waals surface area contributed by atoms with E-state index in [2.05, 4.69) is 0 Å². The SMILES string of the molecule is C[C@@H](/C=C/CCO)[C@]1(O)C(=O)N(Cc2cccc(N3CCC3=O)c2)c2ccc(N3CCC3=O)cc21. The fourth-order valence-electron chi connectivity index (χ4n) is 4.96. The van der Waals surface area contributed by atoms with Crippen LogP contribution in [0.15, 0.2) is 54.6 Å². The van der Waals surface area contributed by atoms with E-state index >= 15 is 0 Å². The molecule has 3 aliphatic heterocycles. The lowest BCUT2D eigenvalue weighted by Crippen LogP contribution is -2.45. The van der Waals surface area contributed by atoms with Gasteiger partial charge in [-0.05, 0) is 42.3 Å². The van der Waals surface area contributed by atoms with Gasteiger partial charge in [-0.1, -0.05) is 31.2 Å². The number of carbonyl (C=O) groups excluding carboxylic acids is 3. The van der Waals surface area contributed by atoms with Gasteiger partial charge in [-0.2, -0.15) is 0 Å². The number of aliphatic hydroxyl groups is 2. The summed E-state index contributed by atoms with van der Waals surface area (Å²) in [4.78, 5) is 42.6. The molecule has 0 aromatic heterocycles. The molecule has 3 heterocycles. The van der Waals surface area contributed by atoms with E-state index in [4.69, 9.17) is 5.11 Å². The van der Waals surface area contributed by atoms with Gasteiger partial charge in [0, 0.05) is 55.4 Å². The van der Waals surface area contributed by atoms with Crippen LogP contribution in [0.4, 0.5) is 17.1 Å². The monoisotopic (exact) mass is 475 g/mol. The number of amides is 3.